The second kappa shape index (κ2) is 6.54. The van der Waals surface area contributed by atoms with Gasteiger partial charge in [0.15, 0.2) is 0 Å². The third-order valence-corrected chi connectivity index (χ3v) is 3.71. The number of aromatic amines is 1. The van der Waals surface area contributed by atoms with Crippen LogP contribution in [-0.2, 0) is 16.0 Å². The molecule has 0 bridgehead atoms. The minimum absolute atomic E-state index is 0.160. The van der Waals surface area contributed by atoms with Crippen molar-refractivity contribution in [2.45, 2.75) is 13.3 Å². The molecule has 3 aromatic rings. The lowest BCUT2D eigenvalue weighted by Crippen LogP contribution is -2.08. The number of hydrogen-bond donors (Lipinski definition) is 2. The fraction of sp³-hybridized carbons (Fsp3) is 0.167. The number of esters is 1. The maximum absolute atomic E-state index is 11.5. The van der Waals surface area contributed by atoms with E-state index in [1.54, 1.807) is 19.1 Å². The summed E-state index contributed by atoms with van der Waals surface area (Å²) in [5.41, 5.74) is 4.16. The topological polar surface area (TPSA) is 88.1 Å². The number of rotatable bonds is 5. The highest BCUT2D eigenvalue weighted by atomic mass is 16.5. The highest BCUT2D eigenvalue weighted by Crippen LogP contribution is 2.35. The molecule has 6 nitrogen and oxygen atoms in total. The number of carbonyl (C=O) groups excluding carboxylic acids is 1. The first kappa shape index (κ1) is 15.7. The van der Waals surface area contributed by atoms with Gasteiger partial charge in [-0.1, -0.05) is 36.1 Å². The van der Waals surface area contributed by atoms with Crippen LogP contribution in [0.5, 0.6) is 5.75 Å². The standard InChI is InChI=1S/C18H17N3O3/c1-11(2)18(23)24-10-9-12-7-8-14-17(20-21-19-14)16(12)13-5-3-4-6-15(13)22/h3-8,22H,1,9-10H2,2H3,(H,19,20,21). The number of aromatic nitrogens is 3. The minimum atomic E-state index is -0.415. The first-order valence-corrected chi connectivity index (χ1v) is 7.51. The molecule has 24 heavy (non-hydrogen) atoms. The predicted molar refractivity (Wildman–Crippen MR) is 90.5 cm³/mol. The molecular weight excluding hydrogens is 306 g/mol. The summed E-state index contributed by atoms with van der Waals surface area (Å²) >= 11 is 0. The molecule has 0 amide bonds. The number of aromatic hydroxyl groups is 1. The molecule has 0 spiro atoms. The molecular formula is C18H17N3O3. The van der Waals surface area contributed by atoms with E-state index in [0.29, 0.717) is 23.1 Å². The second-order valence-corrected chi connectivity index (χ2v) is 5.49. The van der Waals surface area contributed by atoms with Gasteiger partial charge in [0.2, 0.25) is 0 Å². The summed E-state index contributed by atoms with van der Waals surface area (Å²) in [5.74, 6) is -0.255. The Morgan fingerprint density at radius 1 is 1.29 bits per heavy atom. The lowest BCUT2D eigenvalue weighted by Gasteiger charge is -2.12. The van der Waals surface area contributed by atoms with E-state index in [1.165, 1.54) is 0 Å². The maximum atomic E-state index is 11.5. The van der Waals surface area contributed by atoms with Gasteiger partial charge in [-0.3, -0.25) is 5.10 Å². The van der Waals surface area contributed by atoms with Gasteiger partial charge in [-0.15, -0.1) is 5.10 Å². The summed E-state index contributed by atoms with van der Waals surface area (Å²) in [7, 11) is 0. The fourth-order valence-corrected chi connectivity index (χ4v) is 2.53. The number of fused-ring (bicyclic) bond motifs is 1. The molecule has 1 heterocycles. The zero-order valence-electron chi connectivity index (χ0n) is 13.2. The number of phenols is 1. The first-order chi connectivity index (χ1) is 11.6. The molecule has 1 aromatic heterocycles. The van der Waals surface area contributed by atoms with Gasteiger partial charge in [-0.2, -0.15) is 0 Å². The molecule has 0 saturated heterocycles. The SMILES string of the molecule is C=C(C)C(=O)OCCc1ccc2[nH]nnc2c1-c1ccccc1O. The van der Waals surface area contributed by atoms with Crippen LogP contribution in [0, 0.1) is 0 Å². The second-order valence-electron chi connectivity index (χ2n) is 5.49. The number of carbonyl (C=O) groups is 1. The Morgan fingerprint density at radius 3 is 2.83 bits per heavy atom. The third kappa shape index (κ3) is 2.99. The Labute approximate surface area is 138 Å². The number of ether oxygens (including phenoxy) is 1. The normalized spacial score (nSPS) is 10.7. The highest BCUT2D eigenvalue weighted by Gasteiger charge is 2.16. The number of H-pyrrole nitrogens is 1. The molecule has 0 radical (unpaired) electrons. The highest BCUT2D eigenvalue weighted by molar-refractivity contribution is 5.95. The van der Waals surface area contributed by atoms with Crippen LogP contribution in [0.15, 0.2) is 48.6 Å². The molecule has 122 valence electrons. The third-order valence-electron chi connectivity index (χ3n) is 3.71. The predicted octanol–water partition coefficient (Wildman–Crippen LogP) is 2.99. The molecule has 0 atom stereocenters. The minimum Gasteiger partial charge on any atom is -0.507 e. The average molecular weight is 323 g/mol. The lowest BCUT2D eigenvalue weighted by atomic mass is 9.95. The van der Waals surface area contributed by atoms with E-state index in [2.05, 4.69) is 22.0 Å². The van der Waals surface area contributed by atoms with Crippen LogP contribution < -0.4 is 0 Å². The number of hydrogen-bond acceptors (Lipinski definition) is 5. The van der Waals surface area contributed by atoms with Gasteiger partial charge in [-0.05, 0) is 24.6 Å². The lowest BCUT2D eigenvalue weighted by molar-refractivity contribution is -0.138. The van der Waals surface area contributed by atoms with Gasteiger partial charge < -0.3 is 9.84 Å². The number of nitrogens with one attached hydrogen (secondary N) is 1. The van der Waals surface area contributed by atoms with Crippen LogP contribution in [0.2, 0.25) is 0 Å². The smallest absolute Gasteiger partial charge is 0.333 e. The first-order valence-electron chi connectivity index (χ1n) is 7.51. The molecule has 2 aromatic carbocycles. The molecule has 0 unspecified atom stereocenters. The quantitative estimate of drug-likeness (QED) is 0.556. The summed E-state index contributed by atoms with van der Waals surface area (Å²) in [5, 5.41) is 21.0. The Bertz CT molecular complexity index is 915. The van der Waals surface area contributed by atoms with E-state index in [4.69, 9.17) is 4.74 Å². The number of benzene rings is 2. The largest absolute Gasteiger partial charge is 0.507 e. The molecule has 0 aliphatic rings. The van der Waals surface area contributed by atoms with E-state index in [0.717, 1.165) is 16.6 Å². The van der Waals surface area contributed by atoms with Crippen LogP contribution >= 0.6 is 0 Å². The van der Waals surface area contributed by atoms with Crippen LogP contribution in [0.1, 0.15) is 12.5 Å². The van der Waals surface area contributed by atoms with Crippen molar-refractivity contribution in [2.24, 2.45) is 0 Å². The zero-order chi connectivity index (χ0) is 17.1. The van der Waals surface area contributed by atoms with Crippen LogP contribution in [0.3, 0.4) is 0 Å². The van der Waals surface area contributed by atoms with E-state index >= 15 is 0 Å². The van der Waals surface area contributed by atoms with Gasteiger partial charge in [0.05, 0.1) is 12.1 Å². The van der Waals surface area contributed by atoms with Crippen molar-refractivity contribution in [1.29, 1.82) is 0 Å². The molecule has 0 aliphatic carbocycles. The van der Waals surface area contributed by atoms with Gasteiger partial charge in [-0.25, -0.2) is 4.79 Å². The van der Waals surface area contributed by atoms with Crippen molar-refractivity contribution in [3.8, 4) is 16.9 Å². The number of nitrogens with zero attached hydrogens (tertiary/aromatic N) is 2. The molecule has 2 N–H and O–H groups in total. The molecule has 3 rings (SSSR count). The molecule has 6 heteroatoms. The molecule has 0 saturated carbocycles. The fourth-order valence-electron chi connectivity index (χ4n) is 2.53. The van der Waals surface area contributed by atoms with E-state index < -0.39 is 5.97 Å². The summed E-state index contributed by atoms with van der Waals surface area (Å²) in [6, 6.07) is 10.8. The van der Waals surface area contributed by atoms with E-state index in [1.807, 2.05) is 24.3 Å². The average Bonchev–Trinajstić information content (AvgIpc) is 3.04. The monoisotopic (exact) mass is 323 g/mol. The van der Waals surface area contributed by atoms with Crippen LogP contribution in [0.4, 0.5) is 0 Å². The Hall–Kier alpha value is -3.15. The van der Waals surface area contributed by atoms with Crippen molar-refractivity contribution in [3.05, 3.63) is 54.1 Å². The van der Waals surface area contributed by atoms with Crippen molar-refractivity contribution in [3.63, 3.8) is 0 Å². The number of para-hydroxylation sites is 1. The van der Waals surface area contributed by atoms with Crippen molar-refractivity contribution in [2.75, 3.05) is 6.61 Å². The van der Waals surface area contributed by atoms with Gasteiger partial charge in [0, 0.05) is 23.1 Å². The van der Waals surface area contributed by atoms with E-state index in [9.17, 15) is 9.90 Å². The van der Waals surface area contributed by atoms with Gasteiger partial charge >= 0.3 is 5.97 Å². The Kier molecular flexibility index (Phi) is 4.29. The Balaban J connectivity index is 1.99. The molecule has 0 aliphatic heterocycles. The van der Waals surface area contributed by atoms with Crippen LogP contribution in [-0.4, -0.2) is 33.1 Å². The van der Waals surface area contributed by atoms with Gasteiger partial charge in [0.25, 0.3) is 0 Å². The zero-order valence-corrected chi connectivity index (χ0v) is 13.2. The molecule has 0 fully saturated rings. The summed E-state index contributed by atoms with van der Waals surface area (Å²) in [6.07, 6.45) is 0.492. The van der Waals surface area contributed by atoms with Crippen LogP contribution in [0.25, 0.3) is 22.2 Å². The van der Waals surface area contributed by atoms with Crippen molar-refractivity contribution >= 4 is 17.0 Å². The van der Waals surface area contributed by atoms with Crippen molar-refractivity contribution < 1.29 is 14.6 Å². The van der Waals surface area contributed by atoms with E-state index in [-0.39, 0.29) is 12.4 Å². The summed E-state index contributed by atoms with van der Waals surface area (Å²) in [6.45, 7) is 5.39. The van der Waals surface area contributed by atoms with Gasteiger partial charge in [0.1, 0.15) is 11.3 Å². The maximum Gasteiger partial charge on any atom is 0.333 e. The summed E-state index contributed by atoms with van der Waals surface area (Å²) < 4.78 is 5.18. The summed E-state index contributed by atoms with van der Waals surface area (Å²) in [4.78, 5) is 11.5. The Morgan fingerprint density at radius 2 is 2.08 bits per heavy atom. The number of phenolic OH excluding ortho intramolecular Hbond substituents is 1. The van der Waals surface area contributed by atoms with Crippen molar-refractivity contribution in [1.82, 2.24) is 15.4 Å².